The lowest BCUT2D eigenvalue weighted by Crippen LogP contribution is -2.15. The van der Waals surface area contributed by atoms with Gasteiger partial charge in [0.15, 0.2) is 11.6 Å². The molecule has 2 aromatic rings. The standard InChI is InChI=1S/C31H43FO4/c1-3-5-6-7-8-10-24-12-14-25(15-13-24)11-9-22-35-27-17-19-28(20-18-27)36-31(33)26-16-21-30(34-4-2)29(32)23-26/h16-21,23-25H,3-15,22H2,1-2H3/t24-,25-. The first-order valence-corrected chi connectivity index (χ1v) is 14.0. The van der Waals surface area contributed by atoms with Crippen molar-refractivity contribution in [2.24, 2.45) is 11.8 Å². The zero-order valence-electron chi connectivity index (χ0n) is 22.1. The summed E-state index contributed by atoms with van der Waals surface area (Å²) in [4.78, 5) is 12.3. The minimum absolute atomic E-state index is 0.122. The van der Waals surface area contributed by atoms with Crippen molar-refractivity contribution in [2.45, 2.75) is 90.9 Å². The number of hydrogen-bond acceptors (Lipinski definition) is 4. The van der Waals surface area contributed by atoms with E-state index in [9.17, 15) is 9.18 Å². The summed E-state index contributed by atoms with van der Waals surface area (Å²) < 4.78 is 30.4. The second-order valence-corrected chi connectivity index (χ2v) is 10.0. The van der Waals surface area contributed by atoms with E-state index in [1.54, 1.807) is 31.2 Å². The van der Waals surface area contributed by atoms with Crippen molar-refractivity contribution in [3.63, 3.8) is 0 Å². The van der Waals surface area contributed by atoms with Crippen molar-refractivity contribution in [1.82, 2.24) is 0 Å². The van der Waals surface area contributed by atoms with Gasteiger partial charge in [-0.15, -0.1) is 0 Å². The highest BCUT2D eigenvalue weighted by Crippen LogP contribution is 2.34. The highest BCUT2D eigenvalue weighted by Gasteiger charge is 2.20. The Morgan fingerprint density at radius 3 is 2.08 bits per heavy atom. The minimum Gasteiger partial charge on any atom is -0.494 e. The van der Waals surface area contributed by atoms with Crippen molar-refractivity contribution >= 4 is 5.97 Å². The van der Waals surface area contributed by atoms with Crippen molar-refractivity contribution in [2.75, 3.05) is 13.2 Å². The molecule has 1 aliphatic carbocycles. The zero-order valence-corrected chi connectivity index (χ0v) is 22.1. The molecule has 2 aromatic carbocycles. The van der Waals surface area contributed by atoms with E-state index < -0.39 is 11.8 Å². The van der Waals surface area contributed by atoms with Gasteiger partial charge < -0.3 is 14.2 Å². The van der Waals surface area contributed by atoms with Gasteiger partial charge >= 0.3 is 5.97 Å². The Hall–Kier alpha value is -2.56. The Kier molecular flexibility index (Phi) is 12.1. The van der Waals surface area contributed by atoms with Crippen LogP contribution in [0, 0.1) is 17.7 Å². The van der Waals surface area contributed by atoms with E-state index in [4.69, 9.17) is 14.2 Å². The topological polar surface area (TPSA) is 44.8 Å². The van der Waals surface area contributed by atoms with Crippen molar-refractivity contribution in [1.29, 1.82) is 0 Å². The largest absolute Gasteiger partial charge is 0.494 e. The van der Waals surface area contributed by atoms with Gasteiger partial charge in [-0.25, -0.2) is 9.18 Å². The Morgan fingerprint density at radius 1 is 0.806 bits per heavy atom. The number of benzene rings is 2. The van der Waals surface area contributed by atoms with Crippen LogP contribution in [0.15, 0.2) is 42.5 Å². The molecule has 0 N–H and O–H groups in total. The fourth-order valence-corrected chi connectivity index (χ4v) is 5.08. The molecular weight excluding hydrogens is 455 g/mol. The molecule has 0 spiro atoms. The van der Waals surface area contributed by atoms with Gasteiger partial charge in [0.2, 0.25) is 0 Å². The van der Waals surface area contributed by atoms with Crippen LogP contribution in [0.5, 0.6) is 17.2 Å². The summed E-state index contributed by atoms with van der Waals surface area (Å²) in [6.45, 7) is 5.10. The average Bonchev–Trinajstić information content (AvgIpc) is 2.89. The third-order valence-electron chi connectivity index (χ3n) is 7.21. The highest BCUT2D eigenvalue weighted by molar-refractivity contribution is 5.91. The molecule has 4 nitrogen and oxygen atoms in total. The van der Waals surface area contributed by atoms with Crippen LogP contribution in [0.3, 0.4) is 0 Å². The maximum atomic E-state index is 14.0. The van der Waals surface area contributed by atoms with Crippen LogP contribution in [0.4, 0.5) is 4.39 Å². The van der Waals surface area contributed by atoms with E-state index in [2.05, 4.69) is 6.92 Å². The molecule has 36 heavy (non-hydrogen) atoms. The van der Waals surface area contributed by atoms with Crippen LogP contribution < -0.4 is 14.2 Å². The van der Waals surface area contributed by atoms with E-state index >= 15 is 0 Å². The maximum absolute atomic E-state index is 14.0. The monoisotopic (exact) mass is 498 g/mol. The fourth-order valence-electron chi connectivity index (χ4n) is 5.08. The normalized spacial score (nSPS) is 17.5. The van der Waals surface area contributed by atoms with Crippen LogP contribution in [0.2, 0.25) is 0 Å². The number of hydrogen-bond donors (Lipinski definition) is 0. The molecule has 1 saturated carbocycles. The third-order valence-corrected chi connectivity index (χ3v) is 7.21. The minimum atomic E-state index is -0.614. The predicted octanol–water partition coefficient (Wildman–Crippen LogP) is 8.77. The molecule has 0 atom stereocenters. The summed E-state index contributed by atoms with van der Waals surface area (Å²) in [6.07, 6.45) is 16.2. The molecule has 0 aliphatic heterocycles. The summed E-state index contributed by atoms with van der Waals surface area (Å²) in [5.74, 6) is 1.88. The molecule has 1 fully saturated rings. The van der Waals surface area contributed by atoms with Gasteiger partial charge in [0.1, 0.15) is 11.5 Å². The van der Waals surface area contributed by atoms with E-state index in [0.29, 0.717) is 19.0 Å². The SMILES string of the molecule is CCCCCCC[C@H]1CC[C@H](CCCOc2ccc(OC(=O)c3ccc(OCC)c(F)c3)cc2)CC1. The number of halogens is 1. The zero-order chi connectivity index (χ0) is 25.6. The molecule has 0 amide bonds. The number of esters is 1. The lowest BCUT2D eigenvalue weighted by molar-refractivity contribution is 0.0734. The number of rotatable bonds is 15. The van der Waals surface area contributed by atoms with Gasteiger partial charge in [-0.3, -0.25) is 0 Å². The molecule has 198 valence electrons. The number of carbonyl (C=O) groups excluding carboxylic acids is 1. The van der Waals surface area contributed by atoms with Crippen LogP contribution in [-0.4, -0.2) is 19.2 Å². The van der Waals surface area contributed by atoms with Crippen molar-refractivity contribution in [3.05, 3.63) is 53.8 Å². The Labute approximate surface area is 216 Å². The molecule has 0 heterocycles. The highest BCUT2D eigenvalue weighted by atomic mass is 19.1. The van der Waals surface area contributed by atoms with Crippen LogP contribution in [0.25, 0.3) is 0 Å². The van der Waals surface area contributed by atoms with Gasteiger partial charge in [0, 0.05) is 0 Å². The fraction of sp³-hybridized carbons (Fsp3) is 0.581. The second kappa shape index (κ2) is 15.5. The summed E-state index contributed by atoms with van der Waals surface area (Å²) in [5.41, 5.74) is 0.136. The summed E-state index contributed by atoms with van der Waals surface area (Å²) in [5, 5.41) is 0. The van der Waals surface area contributed by atoms with Crippen molar-refractivity contribution in [3.8, 4) is 17.2 Å². The predicted molar refractivity (Wildman–Crippen MR) is 143 cm³/mol. The van der Waals surface area contributed by atoms with Gasteiger partial charge in [0.05, 0.1) is 18.8 Å². The maximum Gasteiger partial charge on any atom is 0.343 e. The summed E-state index contributed by atoms with van der Waals surface area (Å²) in [6, 6.07) is 11.1. The first-order valence-electron chi connectivity index (χ1n) is 14.0. The van der Waals surface area contributed by atoms with Crippen molar-refractivity contribution < 1.29 is 23.4 Å². The van der Waals surface area contributed by atoms with E-state index in [1.807, 2.05) is 0 Å². The van der Waals surface area contributed by atoms with Crippen LogP contribution in [-0.2, 0) is 0 Å². The quantitative estimate of drug-likeness (QED) is 0.140. The van der Waals surface area contributed by atoms with E-state index in [1.165, 1.54) is 82.8 Å². The molecule has 1 aliphatic rings. The molecular formula is C31H43FO4. The van der Waals surface area contributed by atoms with E-state index in [0.717, 1.165) is 30.1 Å². The van der Waals surface area contributed by atoms with Crippen LogP contribution >= 0.6 is 0 Å². The molecule has 0 saturated heterocycles. The average molecular weight is 499 g/mol. The Balaban J connectivity index is 1.30. The molecule has 5 heteroatoms. The van der Waals surface area contributed by atoms with Gasteiger partial charge in [-0.05, 0) is 74.1 Å². The molecule has 0 radical (unpaired) electrons. The number of unbranched alkanes of at least 4 members (excludes halogenated alkanes) is 4. The van der Waals surface area contributed by atoms with Gasteiger partial charge in [-0.1, -0.05) is 71.1 Å². The number of carbonyl (C=O) groups is 1. The Bertz CT molecular complexity index is 903. The molecule has 0 bridgehead atoms. The lowest BCUT2D eigenvalue weighted by atomic mass is 9.78. The molecule has 3 rings (SSSR count). The Morgan fingerprint density at radius 2 is 1.44 bits per heavy atom. The lowest BCUT2D eigenvalue weighted by Gasteiger charge is -2.28. The number of ether oxygens (including phenoxy) is 3. The first kappa shape index (κ1) is 28.0. The first-order chi connectivity index (χ1) is 17.6. The summed E-state index contributed by atoms with van der Waals surface area (Å²) >= 11 is 0. The van der Waals surface area contributed by atoms with E-state index in [-0.39, 0.29) is 11.3 Å². The smallest absolute Gasteiger partial charge is 0.343 e. The second-order valence-electron chi connectivity index (χ2n) is 10.0. The van der Waals surface area contributed by atoms with Gasteiger partial charge in [-0.2, -0.15) is 0 Å². The van der Waals surface area contributed by atoms with Crippen LogP contribution in [0.1, 0.15) is 101 Å². The summed E-state index contributed by atoms with van der Waals surface area (Å²) in [7, 11) is 0. The molecule has 0 aromatic heterocycles. The third kappa shape index (κ3) is 9.48. The molecule has 0 unspecified atom stereocenters. The van der Waals surface area contributed by atoms with Gasteiger partial charge in [0.25, 0.3) is 0 Å².